The van der Waals surface area contributed by atoms with Gasteiger partial charge in [-0.15, -0.1) is 0 Å². The Bertz CT molecular complexity index is 1250. The zero-order chi connectivity index (χ0) is 22.3. The van der Waals surface area contributed by atoms with Gasteiger partial charge in [-0.3, -0.25) is 4.98 Å². The number of rotatable bonds is 4. The van der Waals surface area contributed by atoms with E-state index in [1.165, 1.54) is 5.56 Å². The fourth-order valence-corrected chi connectivity index (χ4v) is 3.99. The van der Waals surface area contributed by atoms with E-state index in [1.807, 2.05) is 32.0 Å². The molecule has 0 aliphatic heterocycles. The second-order valence-electron chi connectivity index (χ2n) is 8.78. The lowest BCUT2D eigenvalue weighted by atomic mass is 9.85. The monoisotopic (exact) mass is 416 g/mol. The van der Waals surface area contributed by atoms with Crippen LogP contribution in [0.4, 0.5) is 17.1 Å². The van der Waals surface area contributed by atoms with Gasteiger partial charge in [0.25, 0.3) is 0 Å². The molecule has 0 unspecified atom stereocenters. The summed E-state index contributed by atoms with van der Waals surface area (Å²) in [6, 6.07) is 12.3. The van der Waals surface area contributed by atoms with Crippen LogP contribution >= 0.6 is 0 Å². The molecule has 0 bridgehead atoms. The quantitative estimate of drug-likeness (QED) is 0.416. The van der Waals surface area contributed by atoms with E-state index < -0.39 is 0 Å². The maximum Gasteiger partial charge on any atom is 0.141 e. The van der Waals surface area contributed by atoms with Gasteiger partial charge in [-0.2, -0.15) is 0 Å². The van der Waals surface area contributed by atoms with Crippen LogP contribution in [0.2, 0.25) is 0 Å². The van der Waals surface area contributed by atoms with Crippen molar-refractivity contribution in [3.8, 4) is 16.9 Å². The third-order valence-corrected chi connectivity index (χ3v) is 5.52. The Morgan fingerprint density at radius 3 is 2.48 bits per heavy atom. The van der Waals surface area contributed by atoms with Gasteiger partial charge in [-0.25, -0.2) is 0 Å². The Morgan fingerprint density at radius 1 is 1.10 bits per heavy atom. The average molecular weight is 417 g/mol. The number of aromatic nitrogens is 2. The van der Waals surface area contributed by atoms with E-state index in [1.54, 1.807) is 13.3 Å². The Kier molecular flexibility index (Phi) is 5.09. The summed E-state index contributed by atoms with van der Waals surface area (Å²) in [6.45, 7) is 10.4. The first kappa shape index (κ1) is 20.7. The first-order valence-electron chi connectivity index (χ1n) is 10.3. The smallest absolute Gasteiger partial charge is 0.141 e. The Balaban J connectivity index is 1.92. The molecule has 4 aromatic rings. The maximum atomic E-state index is 6.38. The van der Waals surface area contributed by atoms with E-state index in [0.29, 0.717) is 11.4 Å². The fourth-order valence-electron chi connectivity index (χ4n) is 3.99. The van der Waals surface area contributed by atoms with Gasteiger partial charge in [-0.05, 0) is 43.0 Å². The van der Waals surface area contributed by atoms with Gasteiger partial charge in [0.2, 0.25) is 0 Å². The number of hydrogen-bond acceptors (Lipinski definition) is 6. The SMILES string of the molecule is COc1cc2c(Nc3ccccc3C(C)(C)C)c(N)cnc2cc1-c1c(C)noc1C. The molecule has 4 rings (SSSR count). The van der Waals surface area contributed by atoms with Crippen LogP contribution in [0.25, 0.3) is 22.0 Å². The topological polar surface area (TPSA) is 86.2 Å². The number of nitrogen functional groups attached to an aromatic ring is 1. The van der Waals surface area contributed by atoms with Crippen molar-refractivity contribution in [2.24, 2.45) is 0 Å². The summed E-state index contributed by atoms with van der Waals surface area (Å²) in [6.07, 6.45) is 1.69. The van der Waals surface area contributed by atoms with Crippen LogP contribution in [-0.2, 0) is 5.41 Å². The Morgan fingerprint density at radius 2 is 1.84 bits per heavy atom. The molecule has 2 heterocycles. The van der Waals surface area contributed by atoms with Crippen LogP contribution in [-0.4, -0.2) is 17.3 Å². The van der Waals surface area contributed by atoms with Gasteiger partial charge in [0.1, 0.15) is 11.5 Å². The number of benzene rings is 2. The molecule has 31 heavy (non-hydrogen) atoms. The lowest BCUT2D eigenvalue weighted by molar-refractivity contribution is 0.393. The van der Waals surface area contributed by atoms with E-state index in [2.05, 4.69) is 54.4 Å². The van der Waals surface area contributed by atoms with Crippen LogP contribution in [0.1, 0.15) is 37.8 Å². The van der Waals surface area contributed by atoms with E-state index in [4.69, 9.17) is 15.0 Å². The molecular formula is C25H28N4O2. The van der Waals surface area contributed by atoms with Crippen LogP contribution in [0, 0.1) is 13.8 Å². The summed E-state index contributed by atoms with van der Waals surface area (Å²) in [5.74, 6) is 1.45. The number of nitrogens with two attached hydrogens (primary N) is 1. The third-order valence-electron chi connectivity index (χ3n) is 5.52. The molecule has 0 fully saturated rings. The minimum Gasteiger partial charge on any atom is -0.496 e. The molecule has 6 nitrogen and oxygen atoms in total. The lowest BCUT2D eigenvalue weighted by Gasteiger charge is -2.24. The molecule has 2 aromatic carbocycles. The molecule has 0 spiro atoms. The van der Waals surface area contributed by atoms with Crippen molar-refractivity contribution in [3.63, 3.8) is 0 Å². The largest absolute Gasteiger partial charge is 0.496 e. The second-order valence-corrected chi connectivity index (χ2v) is 8.78. The first-order chi connectivity index (χ1) is 14.7. The van der Waals surface area contributed by atoms with Crippen molar-refractivity contribution in [1.29, 1.82) is 0 Å². The highest BCUT2D eigenvalue weighted by Gasteiger charge is 2.21. The molecule has 0 aliphatic carbocycles. The van der Waals surface area contributed by atoms with Gasteiger partial charge < -0.3 is 20.3 Å². The molecule has 0 aliphatic rings. The highest BCUT2D eigenvalue weighted by atomic mass is 16.5. The number of pyridine rings is 1. The molecule has 6 heteroatoms. The molecule has 0 radical (unpaired) electrons. The molecule has 0 saturated heterocycles. The van der Waals surface area contributed by atoms with Gasteiger partial charge in [0, 0.05) is 16.6 Å². The van der Waals surface area contributed by atoms with Gasteiger partial charge in [-0.1, -0.05) is 44.1 Å². The molecule has 0 amide bonds. The molecule has 2 aromatic heterocycles. The fraction of sp³-hybridized carbons (Fsp3) is 0.280. The highest BCUT2D eigenvalue weighted by Crippen LogP contribution is 2.41. The summed E-state index contributed by atoms with van der Waals surface area (Å²) in [7, 11) is 1.66. The van der Waals surface area contributed by atoms with Crippen molar-refractivity contribution in [2.75, 3.05) is 18.2 Å². The number of aryl methyl sites for hydroxylation is 2. The highest BCUT2D eigenvalue weighted by molar-refractivity contribution is 6.02. The number of nitrogens with zero attached hydrogens (tertiary/aromatic N) is 2. The molecule has 0 saturated carbocycles. The summed E-state index contributed by atoms with van der Waals surface area (Å²) in [4.78, 5) is 4.59. The zero-order valence-corrected chi connectivity index (χ0v) is 18.8. The predicted molar refractivity (Wildman–Crippen MR) is 126 cm³/mol. The molecule has 160 valence electrons. The predicted octanol–water partition coefficient (Wildman–Crippen LogP) is 6.14. The average Bonchev–Trinajstić information content (AvgIpc) is 3.06. The number of methoxy groups -OCH3 is 1. The van der Waals surface area contributed by atoms with Crippen LogP contribution < -0.4 is 15.8 Å². The van der Waals surface area contributed by atoms with Crippen molar-refractivity contribution in [3.05, 3.63) is 59.6 Å². The standard InChI is InChI=1S/C25H28N4O2/c1-14-23(15(2)31-29-14)17-11-21-16(12-22(17)30-6)24(19(26)13-27-21)28-20-10-8-7-9-18(20)25(3,4)5/h7-13H,26H2,1-6H3,(H,27,28). The van der Waals surface area contributed by atoms with E-state index in [-0.39, 0.29) is 5.41 Å². The summed E-state index contributed by atoms with van der Waals surface area (Å²) >= 11 is 0. The van der Waals surface area contributed by atoms with Crippen LogP contribution in [0.3, 0.4) is 0 Å². The van der Waals surface area contributed by atoms with Crippen molar-refractivity contribution in [2.45, 2.75) is 40.0 Å². The van der Waals surface area contributed by atoms with E-state index >= 15 is 0 Å². The van der Waals surface area contributed by atoms with Crippen LogP contribution in [0.15, 0.2) is 47.1 Å². The number of nitrogens with one attached hydrogen (secondary N) is 1. The number of hydrogen-bond donors (Lipinski definition) is 2. The lowest BCUT2D eigenvalue weighted by Crippen LogP contribution is -2.14. The minimum atomic E-state index is -0.0185. The molecular weight excluding hydrogens is 388 g/mol. The Labute approximate surface area is 182 Å². The number of para-hydroxylation sites is 1. The summed E-state index contributed by atoms with van der Waals surface area (Å²) in [5.41, 5.74) is 13.4. The molecule has 0 atom stereocenters. The maximum absolute atomic E-state index is 6.38. The van der Waals surface area contributed by atoms with Crippen LogP contribution in [0.5, 0.6) is 5.75 Å². The third kappa shape index (κ3) is 3.69. The minimum absolute atomic E-state index is 0.0185. The zero-order valence-electron chi connectivity index (χ0n) is 18.8. The van der Waals surface area contributed by atoms with Crippen molar-refractivity contribution >= 4 is 28.0 Å². The van der Waals surface area contributed by atoms with Gasteiger partial charge in [0.15, 0.2) is 0 Å². The van der Waals surface area contributed by atoms with Gasteiger partial charge >= 0.3 is 0 Å². The second kappa shape index (κ2) is 7.61. The summed E-state index contributed by atoms with van der Waals surface area (Å²) in [5, 5.41) is 8.54. The number of ether oxygens (including phenoxy) is 1. The Hall–Kier alpha value is -3.54. The normalized spacial score (nSPS) is 11.7. The number of fused-ring (bicyclic) bond motifs is 1. The van der Waals surface area contributed by atoms with Gasteiger partial charge in [0.05, 0.1) is 41.5 Å². The van der Waals surface area contributed by atoms with Crippen molar-refractivity contribution in [1.82, 2.24) is 10.1 Å². The van der Waals surface area contributed by atoms with E-state index in [9.17, 15) is 0 Å². The molecule has 3 N–H and O–H groups in total. The number of anilines is 3. The van der Waals surface area contributed by atoms with E-state index in [0.717, 1.165) is 44.9 Å². The first-order valence-corrected chi connectivity index (χ1v) is 10.3. The summed E-state index contributed by atoms with van der Waals surface area (Å²) < 4.78 is 11.1. The van der Waals surface area contributed by atoms with Crippen molar-refractivity contribution < 1.29 is 9.26 Å².